The summed E-state index contributed by atoms with van der Waals surface area (Å²) in [6, 6.07) is 12.5. The molecule has 12 heteroatoms. The second-order valence-electron chi connectivity index (χ2n) is 6.45. The minimum Gasteiger partial charge on any atom is -0.464 e. The summed E-state index contributed by atoms with van der Waals surface area (Å²) in [5.74, 6) is -0.237. The molecular formula is C20H16N6O4S2. The van der Waals surface area contributed by atoms with Crippen molar-refractivity contribution in [3.05, 3.63) is 53.8 Å². The van der Waals surface area contributed by atoms with E-state index in [1.165, 1.54) is 30.5 Å². The van der Waals surface area contributed by atoms with Crippen LogP contribution in [0.5, 0.6) is 0 Å². The Kier molecular flexibility index (Phi) is 6.50. The summed E-state index contributed by atoms with van der Waals surface area (Å²) in [6.45, 7) is 1.60. The molecule has 3 rings (SSSR count). The van der Waals surface area contributed by atoms with E-state index in [9.17, 15) is 23.7 Å². The number of carbonyl (C=O) groups excluding carboxylic acids is 1. The fourth-order valence-corrected chi connectivity index (χ4v) is 4.18. The molecule has 1 aromatic carbocycles. The maximum absolute atomic E-state index is 12.6. The van der Waals surface area contributed by atoms with Gasteiger partial charge in [-0.25, -0.2) is 18.5 Å². The van der Waals surface area contributed by atoms with Gasteiger partial charge in [-0.1, -0.05) is 11.8 Å². The second-order valence-corrected chi connectivity index (χ2v) is 9.34. The lowest BCUT2D eigenvalue weighted by atomic mass is 10.0. The number of rotatable bonds is 6. The molecule has 5 N–H and O–H groups in total. The first-order valence-corrected chi connectivity index (χ1v) is 11.4. The van der Waals surface area contributed by atoms with Crippen LogP contribution < -0.4 is 16.2 Å². The third-order valence-electron chi connectivity index (χ3n) is 4.29. The highest BCUT2D eigenvalue weighted by Gasteiger charge is 2.25. The SMILES string of the molecule is CC(Sc1nc(N)c(C#N)c(-c2ccco2)c1C#N)C(=O)Nc1ccc(S(N)(=O)=O)cc1. The third-order valence-corrected chi connectivity index (χ3v) is 6.31. The number of primary sulfonamides is 1. The Morgan fingerprint density at radius 2 is 1.84 bits per heavy atom. The number of sulfonamides is 1. The number of nitrogen functional groups attached to an aromatic ring is 1. The number of benzene rings is 1. The first-order chi connectivity index (χ1) is 15.2. The predicted molar refractivity (Wildman–Crippen MR) is 118 cm³/mol. The number of pyridine rings is 1. The molecular weight excluding hydrogens is 452 g/mol. The molecule has 0 radical (unpaired) electrons. The smallest absolute Gasteiger partial charge is 0.238 e. The lowest BCUT2D eigenvalue weighted by molar-refractivity contribution is -0.115. The number of thioether (sulfide) groups is 1. The zero-order valence-corrected chi connectivity index (χ0v) is 18.2. The summed E-state index contributed by atoms with van der Waals surface area (Å²) in [4.78, 5) is 16.7. The highest BCUT2D eigenvalue weighted by Crippen LogP contribution is 2.37. The minimum absolute atomic E-state index is 0.00732. The van der Waals surface area contributed by atoms with Gasteiger partial charge in [0, 0.05) is 5.69 Å². The van der Waals surface area contributed by atoms with Crippen molar-refractivity contribution in [2.75, 3.05) is 11.1 Å². The summed E-state index contributed by atoms with van der Waals surface area (Å²) in [5.41, 5.74) is 6.57. The highest BCUT2D eigenvalue weighted by molar-refractivity contribution is 8.00. The van der Waals surface area contributed by atoms with Crippen molar-refractivity contribution in [1.82, 2.24) is 4.98 Å². The number of nitrogens with two attached hydrogens (primary N) is 2. The van der Waals surface area contributed by atoms with E-state index in [4.69, 9.17) is 15.3 Å². The Balaban J connectivity index is 1.87. The summed E-state index contributed by atoms with van der Waals surface area (Å²) >= 11 is 0.982. The molecule has 0 saturated carbocycles. The molecule has 0 bridgehead atoms. The van der Waals surface area contributed by atoms with Crippen LogP contribution in [0, 0.1) is 22.7 Å². The normalized spacial score (nSPS) is 11.9. The largest absolute Gasteiger partial charge is 0.464 e. The predicted octanol–water partition coefficient (Wildman–Crippen LogP) is 2.43. The van der Waals surface area contributed by atoms with Crippen LogP contribution in [0.4, 0.5) is 11.5 Å². The monoisotopic (exact) mass is 468 g/mol. The van der Waals surface area contributed by atoms with Crippen molar-refractivity contribution in [3.63, 3.8) is 0 Å². The quantitative estimate of drug-likeness (QED) is 0.456. The summed E-state index contributed by atoms with van der Waals surface area (Å²) in [5, 5.41) is 26.4. The lowest BCUT2D eigenvalue weighted by Crippen LogP contribution is -2.23. The van der Waals surface area contributed by atoms with Gasteiger partial charge in [-0.05, 0) is 43.3 Å². The Morgan fingerprint density at radius 3 is 2.38 bits per heavy atom. The van der Waals surface area contributed by atoms with Gasteiger partial charge in [0.25, 0.3) is 0 Å². The first-order valence-electron chi connectivity index (χ1n) is 8.93. The van der Waals surface area contributed by atoms with Crippen LogP contribution in [0.3, 0.4) is 0 Å². The third kappa shape index (κ3) is 4.73. The van der Waals surface area contributed by atoms with Crippen LogP contribution in [0.15, 0.2) is 57.0 Å². The molecule has 1 unspecified atom stereocenters. The molecule has 1 atom stereocenters. The first kappa shape index (κ1) is 22.8. The van der Waals surface area contributed by atoms with Crippen molar-refractivity contribution >= 4 is 39.2 Å². The maximum atomic E-state index is 12.6. The number of hydrogen-bond acceptors (Lipinski definition) is 9. The average molecular weight is 469 g/mol. The second kappa shape index (κ2) is 9.11. The number of amides is 1. The van der Waals surface area contributed by atoms with Crippen molar-refractivity contribution < 1.29 is 17.6 Å². The zero-order valence-electron chi connectivity index (χ0n) is 16.6. The molecule has 2 aromatic heterocycles. The number of nitrogens with one attached hydrogen (secondary N) is 1. The van der Waals surface area contributed by atoms with Crippen molar-refractivity contribution in [2.24, 2.45) is 5.14 Å². The standard InChI is InChI=1S/C20H16N6O4S2/c1-11(19(27)25-12-4-6-13(7-5-12)32(24,28)29)31-20-15(10-22)17(16-3-2-8-30-16)14(9-21)18(23)26-20/h2-8,11H,1H3,(H2,23,26)(H,25,27)(H2,24,28,29). The van der Waals surface area contributed by atoms with E-state index in [0.717, 1.165) is 11.8 Å². The zero-order chi connectivity index (χ0) is 23.5. The van der Waals surface area contributed by atoms with Crippen LogP contribution in [-0.4, -0.2) is 24.6 Å². The van der Waals surface area contributed by atoms with Gasteiger partial charge in [0.15, 0.2) is 0 Å². The topological polar surface area (TPSA) is 189 Å². The van der Waals surface area contributed by atoms with Gasteiger partial charge in [0.05, 0.1) is 27.5 Å². The average Bonchev–Trinajstić information content (AvgIpc) is 3.27. The van der Waals surface area contributed by atoms with Crippen LogP contribution in [0.2, 0.25) is 0 Å². The molecule has 10 nitrogen and oxygen atoms in total. The molecule has 0 saturated heterocycles. The van der Waals surface area contributed by atoms with E-state index >= 15 is 0 Å². The number of carbonyl (C=O) groups is 1. The van der Waals surface area contributed by atoms with E-state index in [-0.39, 0.29) is 38.2 Å². The summed E-state index contributed by atoms with van der Waals surface area (Å²) in [7, 11) is -3.84. The molecule has 0 aliphatic rings. The van der Waals surface area contributed by atoms with Gasteiger partial charge in [0.2, 0.25) is 15.9 Å². The molecule has 32 heavy (non-hydrogen) atoms. The Hall–Kier alpha value is -3.84. The van der Waals surface area contributed by atoms with Crippen LogP contribution >= 0.6 is 11.8 Å². The molecule has 0 fully saturated rings. The molecule has 0 aliphatic carbocycles. The Morgan fingerprint density at radius 1 is 1.19 bits per heavy atom. The minimum atomic E-state index is -3.84. The molecule has 0 spiro atoms. The van der Waals surface area contributed by atoms with Crippen LogP contribution in [0.25, 0.3) is 11.3 Å². The molecule has 2 heterocycles. The van der Waals surface area contributed by atoms with Gasteiger partial charge in [-0.15, -0.1) is 0 Å². The molecule has 0 aliphatic heterocycles. The van der Waals surface area contributed by atoms with E-state index in [0.29, 0.717) is 5.69 Å². The molecule has 1 amide bonds. The fraction of sp³-hybridized carbons (Fsp3) is 0.100. The summed E-state index contributed by atoms with van der Waals surface area (Å²) in [6.07, 6.45) is 1.40. The van der Waals surface area contributed by atoms with Crippen molar-refractivity contribution in [3.8, 4) is 23.5 Å². The van der Waals surface area contributed by atoms with E-state index in [1.807, 2.05) is 12.1 Å². The van der Waals surface area contributed by atoms with E-state index < -0.39 is 21.2 Å². The van der Waals surface area contributed by atoms with Gasteiger partial charge in [-0.2, -0.15) is 10.5 Å². The number of furan rings is 1. The van der Waals surface area contributed by atoms with E-state index in [1.54, 1.807) is 19.1 Å². The Bertz CT molecular complexity index is 1360. The maximum Gasteiger partial charge on any atom is 0.238 e. The van der Waals surface area contributed by atoms with Crippen molar-refractivity contribution in [2.45, 2.75) is 22.1 Å². The fourth-order valence-electron chi connectivity index (χ4n) is 2.74. The number of aromatic nitrogens is 1. The number of anilines is 2. The van der Waals surface area contributed by atoms with Gasteiger partial charge in [-0.3, -0.25) is 4.79 Å². The molecule has 3 aromatic rings. The van der Waals surface area contributed by atoms with Crippen LogP contribution in [0.1, 0.15) is 18.1 Å². The van der Waals surface area contributed by atoms with Gasteiger partial charge in [0.1, 0.15) is 34.3 Å². The van der Waals surface area contributed by atoms with Crippen LogP contribution in [-0.2, 0) is 14.8 Å². The van der Waals surface area contributed by atoms with Gasteiger partial charge >= 0.3 is 0 Å². The molecule has 162 valence electrons. The summed E-state index contributed by atoms with van der Waals surface area (Å²) < 4.78 is 28.0. The number of nitriles is 2. The number of hydrogen-bond donors (Lipinski definition) is 3. The lowest BCUT2D eigenvalue weighted by Gasteiger charge is -2.15. The van der Waals surface area contributed by atoms with Crippen molar-refractivity contribution in [1.29, 1.82) is 10.5 Å². The Labute approximate surface area is 187 Å². The van der Waals surface area contributed by atoms with Gasteiger partial charge < -0.3 is 15.5 Å². The highest BCUT2D eigenvalue weighted by atomic mass is 32.2. The van der Waals surface area contributed by atoms with E-state index in [2.05, 4.69) is 10.3 Å². The number of nitrogens with zero attached hydrogens (tertiary/aromatic N) is 3.